The minimum absolute atomic E-state index is 0.0529. The number of fused-ring (bicyclic) bond motifs is 1. The lowest BCUT2D eigenvalue weighted by molar-refractivity contribution is -0.136. The molecule has 8 nitrogen and oxygen atoms in total. The highest BCUT2D eigenvalue weighted by molar-refractivity contribution is 6.05. The van der Waals surface area contributed by atoms with E-state index in [0.29, 0.717) is 38.0 Å². The van der Waals surface area contributed by atoms with Gasteiger partial charge in [-0.3, -0.25) is 9.59 Å². The number of hydrogen-bond donors (Lipinski definition) is 2. The van der Waals surface area contributed by atoms with Crippen LogP contribution in [0.15, 0.2) is 36.4 Å². The molecule has 0 aromatic heterocycles. The average molecular weight is 440 g/mol. The van der Waals surface area contributed by atoms with Crippen molar-refractivity contribution >= 4 is 28.7 Å². The van der Waals surface area contributed by atoms with Gasteiger partial charge in [0.05, 0.1) is 12.2 Å². The maximum absolute atomic E-state index is 13.3. The van der Waals surface area contributed by atoms with Crippen molar-refractivity contribution in [3.8, 4) is 5.75 Å². The molecule has 2 N–H and O–H groups in total. The molecule has 2 heterocycles. The van der Waals surface area contributed by atoms with Crippen molar-refractivity contribution in [2.24, 2.45) is 0 Å². The van der Waals surface area contributed by atoms with E-state index in [9.17, 15) is 19.5 Å². The number of phenols is 1. The molecule has 0 spiro atoms. The quantitative estimate of drug-likeness (QED) is 0.763. The molecule has 2 atom stereocenters. The van der Waals surface area contributed by atoms with Crippen LogP contribution in [-0.2, 0) is 9.53 Å². The van der Waals surface area contributed by atoms with Crippen LogP contribution in [0.2, 0.25) is 0 Å². The number of likely N-dealkylation sites (tertiary alicyclic amines) is 2. The average Bonchev–Trinajstić information content (AvgIpc) is 3.29. The van der Waals surface area contributed by atoms with Crippen molar-refractivity contribution in [3.05, 3.63) is 42.0 Å². The summed E-state index contributed by atoms with van der Waals surface area (Å²) in [6, 6.07) is 10.1. The molecule has 2 fully saturated rings. The molecule has 8 heteroatoms. The Bertz CT molecular complexity index is 1020. The van der Waals surface area contributed by atoms with Crippen LogP contribution >= 0.6 is 0 Å². The summed E-state index contributed by atoms with van der Waals surface area (Å²) in [5, 5.41) is 15.0. The molecule has 4 rings (SSSR count). The second-order valence-electron chi connectivity index (χ2n) is 8.33. The van der Waals surface area contributed by atoms with Gasteiger partial charge in [0.2, 0.25) is 5.91 Å². The van der Waals surface area contributed by atoms with Crippen molar-refractivity contribution in [2.45, 2.75) is 44.7 Å². The molecule has 2 aliphatic heterocycles. The number of amides is 3. The van der Waals surface area contributed by atoms with E-state index in [1.807, 2.05) is 24.3 Å². The largest absolute Gasteiger partial charge is 0.506 e. The molecule has 3 amide bonds. The third kappa shape index (κ3) is 4.35. The van der Waals surface area contributed by atoms with E-state index in [-0.39, 0.29) is 29.2 Å². The molecule has 170 valence electrons. The van der Waals surface area contributed by atoms with Crippen molar-refractivity contribution < 1.29 is 24.2 Å². The van der Waals surface area contributed by atoms with Crippen LogP contribution in [0.5, 0.6) is 5.75 Å². The minimum Gasteiger partial charge on any atom is -0.506 e. The van der Waals surface area contributed by atoms with Crippen LogP contribution in [0.3, 0.4) is 0 Å². The van der Waals surface area contributed by atoms with Crippen molar-refractivity contribution in [1.82, 2.24) is 15.1 Å². The van der Waals surface area contributed by atoms with E-state index >= 15 is 0 Å². The fraction of sp³-hybridized carbons (Fsp3) is 0.458. The summed E-state index contributed by atoms with van der Waals surface area (Å²) in [4.78, 5) is 41.7. The van der Waals surface area contributed by atoms with Crippen LogP contribution in [0.1, 0.15) is 43.0 Å². The summed E-state index contributed by atoms with van der Waals surface area (Å²) in [7, 11) is 0. The van der Waals surface area contributed by atoms with Gasteiger partial charge in [0.1, 0.15) is 11.8 Å². The van der Waals surface area contributed by atoms with Gasteiger partial charge in [-0.1, -0.05) is 30.3 Å². The first-order chi connectivity index (χ1) is 15.5. The van der Waals surface area contributed by atoms with Gasteiger partial charge in [-0.25, -0.2) is 4.79 Å². The highest BCUT2D eigenvalue weighted by Crippen LogP contribution is 2.32. The summed E-state index contributed by atoms with van der Waals surface area (Å²) in [5.74, 6) is -0.489. The molecule has 32 heavy (non-hydrogen) atoms. The van der Waals surface area contributed by atoms with Gasteiger partial charge in [-0.15, -0.1) is 0 Å². The van der Waals surface area contributed by atoms with E-state index in [1.54, 1.807) is 28.9 Å². The van der Waals surface area contributed by atoms with Gasteiger partial charge in [-0.05, 0) is 44.1 Å². The SMILES string of the molecule is CCOC(=O)NC1CCCN(C(=O)C2CCCN2C(=O)c2ccc3ccccc3c2O)C1. The number of nitrogens with one attached hydrogen (secondary N) is 1. The highest BCUT2D eigenvalue weighted by Gasteiger charge is 2.39. The number of rotatable bonds is 4. The van der Waals surface area contributed by atoms with Crippen LogP contribution in [-0.4, -0.2) is 71.1 Å². The molecule has 2 saturated heterocycles. The smallest absolute Gasteiger partial charge is 0.407 e. The first-order valence-corrected chi connectivity index (χ1v) is 11.2. The Labute approximate surface area is 187 Å². The molecule has 0 radical (unpaired) electrons. The molecular weight excluding hydrogens is 410 g/mol. The van der Waals surface area contributed by atoms with Gasteiger partial charge in [0.15, 0.2) is 0 Å². The monoisotopic (exact) mass is 439 g/mol. The molecule has 2 aliphatic rings. The summed E-state index contributed by atoms with van der Waals surface area (Å²) < 4.78 is 4.95. The zero-order valence-electron chi connectivity index (χ0n) is 18.3. The lowest BCUT2D eigenvalue weighted by Crippen LogP contribution is -2.54. The van der Waals surface area contributed by atoms with E-state index in [1.165, 1.54) is 0 Å². The van der Waals surface area contributed by atoms with E-state index in [0.717, 1.165) is 24.6 Å². The summed E-state index contributed by atoms with van der Waals surface area (Å²) in [6.45, 7) is 3.51. The Morgan fingerprint density at radius 3 is 2.69 bits per heavy atom. The van der Waals surface area contributed by atoms with Crippen molar-refractivity contribution in [3.63, 3.8) is 0 Å². The number of nitrogens with zero attached hydrogens (tertiary/aromatic N) is 2. The molecule has 2 aromatic rings. The lowest BCUT2D eigenvalue weighted by Gasteiger charge is -2.36. The summed E-state index contributed by atoms with van der Waals surface area (Å²) >= 11 is 0. The van der Waals surface area contributed by atoms with Crippen LogP contribution in [0, 0.1) is 0 Å². The van der Waals surface area contributed by atoms with E-state index < -0.39 is 12.1 Å². The van der Waals surface area contributed by atoms with Gasteiger partial charge in [0.25, 0.3) is 5.91 Å². The second kappa shape index (κ2) is 9.46. The van der Waals surface area contributed by atoms with Crippen LogP contribution < -0.4 is 5.32 Å². The number of hydrogen-bond acceptors (Lipinski definition) is 5. The molecule has 2 aromatic carbocycles. The third-order valence-electron chi connectivity index (χ3n) is 6.26. The Hall–Kier alpha value is -3.29. The first-order valence-electron chi connectivity index (χ1n) is 11.2. The Kier molecular flexibility index (Phi) is 6.48. The third-order valence-corrected chi connectivity index (χ3v) is 6.26. The molecule has 2 unspecified atom stereocenters. The maximum atomic E-state index is 13.3. The zero-order valence-corrected chi connectivity index (χ0v) is 18.3. The standard InChI is InChI=1S/C24H29N3O5/c1-2-32-24(31)25-17-8-5-13-26(15-17)23(30)20-10-6-14-27(20)22(29)19-12-11-16-7-3-4-9-18(16)21(19)28/h3-4,7,9,11-12,17,20,28H,2,5-6,8,10,13-15H2,1H3,(H,25,31). The van der Waals surface area contributed by atoms with Gasteiger partial charge >= 0.3 is 6.09 Å². The minimum atomic E-state index is -0.560. The number of ether oxygens (including phenoxy) is 1. The molecule has 0 bridgehead atoms. The van der Waals surface area contributed by atoms with Crippen molar-refractivity contribution in [1.29, 1.82) is 0 Å². The number of piperidine rings is 1. The van der Waals surface area contributed by atoms with Crippen LogP contribution in [0.4, 0.5) is 4.79 Å². The second-order valence-corrected chi connectivity index (χ2v) is 8.33. The van der Waals surface area contributed by atoms with Crippen LogP contribution in [0.25, 0.3) is 10.8 Å². The zero-order chi connectivity index (χ0) is 22.7. The number of carbonyl (C=O) groups excluding carboxylic acids is 3. The Morgan fingerprint density at radius 1 is 1.09 bits per heavy atom. The Balaban J connectivity index is 1.48. The van der Waals surface area contributed by atoms with Gasteiger partial charge < -0.3 is 25.0 Å². The summed E-state index contributed by atoms with van der Waals surface area (Å²) in [6.07, 6.45) is 2.40. The normalized spacial score (nSPS) is 20.9. The predicted octanol–water partition coefficient (Wildman–Crippen LogP) is 2.89. The van der Waals surface area contributed by atoms with Crippen molar-refractivity contribution in [2.75, 3.05) is 26.2 Å². The van der Waals surface area contributed by atoms with E-state index in [2.05, 4.69) is 5.32 Å². The number of benzene rings is 2. The first kappa shape index (κ1) is 21.9. The topological polar surface area (TPSA) is 99.2 Å². The van der Waals surface area contributed by atoms with E-state index in [4.69, 9.17) is 4.74 Å². The number of carbonyl (C=O) groups is 3. The number of aromatic hydroxyl groups is 1. The molecular formula is C24H29N3O5. The van der Waals surface area contributed by atoms with Gasteiger partial charge in [0, 0.05) is 31.1 Å². The maximum Gasteiger partial charge on any atom is 0.407 e. The summed E-state index contributed by atoms with van der Waals surface area (Å²) in [5.41, 5.74) is 0.212. The molecule has 0 saturated carbocycles. The fourth-order valence-corrected chi connectivity index (χ4v) is 4.69. The number of alkyl carbamates (subject to hydrolysis) is 1. The number of phenolic OH excluding ortho intramolecular Hbond substituents is 1. The van der Waals surface area contributed by atoms with Gasteiger partial charge in [-0.2, -0.15) is 0 Å². The predicted molar refractivity (Wildman–Crippen MR) is 119 cm³/mol. The Morgan fingerprint density at radius 2 is 1.88 bits per heavy atom. The lowest BCUT2D eigenvalue weighted by atomic mass is 10.0. The molecule has 0 aliphatic carbocycles. The highest BCUT2D eigenvalue weighted by atomic mass is 16.5. The fourth-order valence-electron chi connectivity index (χ4n) is 4.69.